The van der Waals surface area contributed by atoms with Crippen LogP contribution in [0.2, 0.25) is 0 Å². The SMILES string of the molecule is c1cc2c(c(CCNC3CCC3)c1)CNCC2. The molecule has 92 valence electrons. The summed E-state index contributed by atoms with van der Waals surface area (Å²) < 4.78 is 0. The summed E-state index contributed by atoms with van der Waals surface area (Å²) in [5, 5.41) is 7.14. The van der Waals surface area contributed by atoms with Crippen LogP contribution in [0.4, 0.5) is 0 Å². The highest BCUT2D eigenvalue weighted by molar-refractivity contribution is 5.37. The first kappa shape index (κ1) is 11.2. The fourth-order valence-electron chi connectivity index (χ4n) is 2.84. The Labute approximate surface area is 104 Å². The molecule has 1 aromatic rings. The van der Waals surface area contributed by atoms with E-state index in [1.165, 1.54) is 32.1 Å². The number of rotatable bonds is 4. The lowest BCUT2D eigenvalue weighted by atomic mass is 9.92. The van der Waals surface area contributed by atoms with E-state index in [1.807, 2.05) is 0 Å². The quantitative estimate of drug-likeness (QED) is 0.827. The molecule has 1 saturated carbocycles. The van der Waals surface area contributed by atoms with E-state index in [1.54, 1.807) is 16.7 Å². The highest BCUT2D eigenvalue weighted by Gasteiger charge is 2.16. The number of benzene rings is 1. The molecule has 2 heteroatoms. The van der Waals surface area contributed by atoms with Crippen LogP contribution in [-0.4, -0.2) is 19.1 Å². The maximum atomic E-state index is 3.65. The van der Waals surface area contributed by atoms with Crippen molar-refractivity contribution >= 4 is 0 Å². The number of hydrogen-bond acceptors (Lipinski definition) is 2. The van der Waals surface area contributed by atoms with Gasteiger partial charge in [-0.25, -0.2) is 0 Å². The van der Waals surface area contributed by atoms with E-state index in [9.17, 15) is 0 Å². The molecule has 0 amide bonds. The highest BCUT2D eigenvalue weighted by Crippen LogP contribution is 2.20. The maximum absolute atomic E-state index is 3.65. The summed E-state index contributed by atoms with van der Waals surface area (Å²) in [7, 11) is 0. The first-order valence-corrected chi connectivity index (χ1v) is 6.97. The van der Waals surface area contributed by atoms with E-state index >= 15 is 0 Å². The van der Waals surface area contributed by atoms with Gasteiger partial charge in [-0.1, -0.05) is 24.6 Å². The van der Waals surface area contributed by atoms with Crippen LogP contribution in [0.5, 0.6) is 0 Å². The van der Waals surface area contributed by atoms with Gasteiger partial charge in [0.25, 0.3) is 0 Å². The second kappa shape index (κ2) is 5.19. The van der Waals surface area contributed by atoms with Gasteiger partial charge in [-0.05, 0) is 55.5 Å². The van der Waals surface area contributed by atoms with Gasteiger partial charge in [0.05, 0.1) is 0 Å². The molecule has 2 aliphatic rings. The third-order valence-electron chi connectivity index (χ3n) is 4.18. The van der Waals surface area contributed by atoms with Crippen molar-refractivity contribution in [2.75, 3.05) is 13.1 Å². The number of hydrogen-bond donors (Lipinski definition) is 2. The second-order valence-corrected chi connectivity index (χ2v) is 5.31. The molecular weight excluding hydrogens is 208 g/mol. The summed E-state index contributed by atoms with van der Waals surface area (Å²) in [4.78, 5) is 0. The van der Waals surface area contributed by atoms with Gasteiger partial charge >= 0.3 is 0 Å². The Balaban J connectivity index is 1.61. The molecular formula is C15H22N2. The lowest BCUT2D eigenvalue weighted by molar-refractivity contribution is 0.342. The molecule has 0 atom stereocenters. The van der Waals surface area contributed by atoms with E-state index in [-0.39, 0.29) is 0 Å². The van der Waals surface area contributed by atoms with Crippen molar-refractivity contribution < 1.29 is 0 Å². The third-order valence-corrected chi connectivity index (χ3v) is 4.18. The smallest absolute Gasteiger partial charge is 0.0211 e. The van der Waals surface area contributed by atoms with Crippen LogP contribution in [-0.2, 0) is 19.4 Å². The van der Waals surface area contributed by atoms with E-state index in [2.05, 4.69) is 28.8 Å². The van der Waals surface area contributed by atoms with Gasteiger partial charge in [0.1, 0.15) is 0 Å². The van der Waals surface area contributed by atoms with Crippen molar-refractivity contribution in [1.29, 1.82) is 0 Å². The second-order valence-electron chi connectivity index (χ2n) is 5.31. The van der Waals surface area contributed by atoms with Crippen LogP contribution in [0.25, 0.3) is 0 Å². The van der Waals surface area contributed by atoms with Gasteiger partial charge in [-0.2, -0.15) is 0 Å². The predicted octanol–water partition coefficient (Wildman–Crippen LogP) is 2.02. The third kappa shape index (κ3) is 2.53. The van der Waals surface area contributed by atoms with Crippen LogP contribution in [0.15, 0.2) is 18.2 Å². The zero-order valence-corrected chi connectivity index (χ0v) is 10.5. The molecule has 0 bridgehead atoms. The molecule has 3 rings (SSSR count). The average Bonchev–Trinajstić information content (AvgIpc) is 2.32. The molecule has 0 unspecified atom stereocenters. The molecule has 0 radical (unpaired) electrons. The van der Waals surface area contributed by atoms with E-state index in [4.69, 9.17) is 0 Å². The molecule has 2 N–H and O–H groups in total. The number of fused-ring (bicyclic) bond motifs is 1. The molecule has 1 aliphatic carbocycles. The van der Waals surface area contributed by atoms with Crippen molar-refractivity contribution in [3.8, 4) is 0 Å². The van der Waals surface area contributed by atoms with Crippen molar-refractivity contribution in [2.24, 2.45) is 0 Å². The van der Waals surface area contributed by atoms with Crippen molar-refractivity contribution in [3.63, 3.8) is 0 Å². The summed E-state index contributed by atoms with van der Waals surface area (Å²) in [6.07, 6.45) is 6.56. The predicted molar refractivity (Wildman–Crippen MR) is 71.2 cm³/mol. The summed E-state index contributed by atoms with van der Waals surface area (Å²) in [5.74, 6) is 0. The minimum atomic E-state index is 0.813. The van der Waals surface area contributed by atoms with Gasteiger partial charge in [0, 0.05) is 12.6 Å². The van der Waals surface area contributed by atoms with Crippen molar-refractivity contribution in [3.05, 3.63) is 34.9 Å². The minimum Gasteiger partial charge on any atom is -0.314 e. The van der Waals surface area contributed by atoms with Gasteiger partial charge < -0.3 is 10.6 Å². The van der Waals surface area contributed by atoms with Crippen LogP contribution in [0.1, 0.15) is 36.0 Å². The van der Waals surface area contributed by atoms with E-state index < -0.39 is 0 Å². The molecule has 1 aromatic carbocycles. The summed E-state index contributed by atoms with van der Waals surface area (Å²) in [5.41, 5.74) is 4.67. The standard InChI is InChI=1S/C15H22N2/c1-3-12-7-9-16-11-15(12)13(4-1)8-10-17-14-5-2-6-14/h1,3-4,14,16-17H,2,5-11H2. The van der Waals surface area contributed by atoms with Crippen LogP contribution < -0.4 is 10.6 Å². The Morgan fingerprint density at radius 3 is 3.06 bits per heavy atom. The lowest BCUT2D eigenvalue weighted by Gasteiger charge is -2.27. The Bertz CT molecular complexity index is 383. The molecule has 1 heterocycles. The molecule has 1 aliphatic heterocycles. The fraction of sp³-hybridized carbons (Fsp3) is 0.600. The molecule has 0 aromatic heterocycles. The fourth-order valence-corrected chi connectivity index (χ4v) is 2.84. The maximum Gasteiger partial charge on any atom is 0.0211 e. The molecule has 0 saturated heterocycles. The van der Waals surface area contributed by atoms with Crippen LogP contribution in [0.3, 0.4) is 0 Å². The van der Waals surface area contributed by atoms with Gasteiger partial charge in [-0.3, -0.25) is 0 Å². The number of nitrogens with one attached hydrogen (secondary N) is 2. The van der Waals surface area contributed by atoms with Crippen LogP contribution in [0, 0.1) is 0 Å². The summed E-state index contributed by atoms with van der Waals surface area (Å²) >= 11 is 0. The van der Waals surface area contributed by atoms with Crippen molar-refractivity contribution in [2.45, 2.75) is 44.7 Å². The highest BCUT2D eigenvalue weighted by atomic mass is 14.9. The van der Waals surface area contributed by atoms with E-state index in [0.29, 0.717) is 0 Å². The van der Waals surface area contributed by atoms with Crippen molar-refractivity contribution in [1.82, 2.24) is 10.6 Å². The Morgan fingerprint density at radius 2 is 2.24 bits per heavy atom. The first-order valence-electron chi connectivity index (χ1n) is 6.97. The average molecular weight is 230 g/mol. The largest absolute Gasteiger partial charge is 0.314 e. The summed E-state index contributed by atoms with van der Waals surface area (Å²) in [6.45, 7) is 3.34. The molecule has 0 spiro atoms. The molecule has 1 fully saturated rings. The first-order chi connectivity index (χ1) is 8.43. The Morgan fingerprint density at radius 1 is 1.29 bits per heavy atom. The molecule has 2 nitrogen and oxygen atoms in total. The minimum absolute atomic E-state index is 0.813. The van der Waals surface area contributed by atoms with Gasteiger partial charge in [0.2, 0.25) is 0 Å². The van der Waals surface area contributed by atoms with Gasteiger partial charge in [0.15, 0.2) is 0 Å². The zero-order valence-electron chi connectivity index (χ0n) is 10.5. The monoisotopic (exact) mass is 230 g/mol. The van der Waals surface area contributed by atoms with Crippen LogP contribution >= 0.6 is 0 Å². The normalized spacial score (nSPS) is 19.8. The Hall–Kier alpha value is -0.860. The lowest BCUT2D eigenvalue weighted by Crippen LogP contribution is -2.36. The van der Waals surface area contributed by atoms with Gasteiger partial charge in [-0.15, -0.1) is 0 Å². The van der Waals surface area contributed by atoms with E-state index in [0.717, 1.165) is 25.7 Å². The zero-order chi connectivity index (χ0) is 11.5. The molecule has 17 heavy (non-hydrogen) atoms. The summed E-state index contributed by atoms with van der Waals surface area (Å²) in [6, 6.07) is 7.63. The Kier molecular flexibility index (Phi) is 3.44. The topological polar surface area (TPSA) is 24.1 Å².